The molecule has 0 bridgehead atoms. The molecule has 34 heavy (non-hydrogen) atoms. The van der Waals surface area contributed by atoms with E-state index in [1.807, 2.05) is 0 Å². The van der Waals surface area contributed by atoms with Crippen molar-refractivity contribution in [2.75, 3.05) is 19.1 Å². The van der Waals surface area contributed by atoms with Gasteiger partial charge >= 0.3 is 0 Å². The summed E-state index contributed by atoms with van der Waals surface area (Å²) in [6.45, 7) is 1.54. The minimum atomic E-state index is -1.29. The molecule has 0 saturated carbocycles. The monoisotopic (exact) mass is 470 g/mol. The van der Waals surface area contributed by atoms with Gasteiger partial charge in [-0.3, -0.25) is 34.7 Å². The molecule has 0 aromatic heterocycles. The van der Waals surface area contributed by atoms with Gasteiger partial charge in [0, 0.05) is 30.2 Å². The Morgan fingerprint density at radius 3 is 2.38 bits per heavy atom. The van der Waals surface area contributed by atoms with Gasteiger partial charge in [-0.1, -0.05) is 6.92 Å². The van der Waals surface area contributed by atoms with Crippen LogP contribution in [0, 0.1) is 10.1 Å². The van der Waals surface area contributed by atoms with E-state index in [1.54, 1.807) is 6.07 Å². The van der Waals surface area contributed by atoms with Crippen LogP contribution in [0.3, 0.4) is 0 Å². The van der Waals surface area contributed by atoms with E-state index >= 15 is 0 Å². The number of ether oxygens (including phenoxy) is 2. The van der Waals surface area contributed by atoms with Crippen LogP contribution in [0.5, 0.6) is 11.5 Å². The summed E-state index contributed by atoms with van der Waals surface area (Å²) in [7, 11) is 2.81. The molecule has 1 aliphatic heterocycles. The summed E-state index contributed by atoms with van der Waals surface area (Å²) in [5, 5.41) is 11.7. The van der Waals surface area contributed by atoms with E-state index < -0.39 is 34.6 Å². The Hall–Kier alpha value is -4.48. The number of nitrogens with one attached hydrogen (secondary N) is 1. The molecule has 1 fully saturated rings. The number of nitro benzene ring substituents is 1. The van der Waals surface area contributed by atoms with Crippen LogP contribution in [-0.2, 0) is 14.4 Å². The molecule has 0 radical (unpaired) electrons. The second-order valence-electron chi connectivity index (χ2n) is 7.19. The SMILES string of the molecule is CCC(=O)N(NC(=O)c1ccc([N+](=O)[O-])cc1)C1CC(=O)N(c2cc(OC)ccc2OC)C1=O. The van der Waals surface area contributed by atoms with Crippen LogP contribution in [0.25, 0.3) is 0 Å². The Bertz CT molecular complexity index is 1150. The second-order valence-corrected chi connectivity index (χ2v) is 7.19. The van der Waals surface area contributed by atoms with Crippen LogP contribution in [-0.4, -0.2) is 53.8 Å². The Labute approximate surface area is 194 Å². The number of non-ortho nitro benzene ring substituents is 1. The zero-order chi connectivity index (χ0) is 25.0. The Kier molecular flexibility index (Phi) is 7.09. The number of amides is 4. The minimum Gasteiger partial charge on any atom is -0.497 e. The summed E-state index contributed by atoms with van der Waals surface area (Å²) < 4.78 is 10.4. The number of rotatable bonds is 7. The number of hydrogen-bond donors (Lipinski definition) is 1. The molecule has 2 aromatic rings. The summed E-state index contributed by atoms with van der Waals surface area (Å²) in [5.74, 6) is -2.07. The van der Waals surface area contributed by atoms with Gasteiger partial charge in [0.05, 0.1) is 31.3 Å². The quantitative estimate of drug-likeness (QED) is 0.366. The number of carbonyl (C=O) groups excluding carboxylic acids is 4. The fourth-order valence-electron chi connectivity index (χ4n) is 3.44. The van der Waals surface area contributed by atoms with Gasteiger partial charge in [-0.15, -0.1) is 0 Å². The molecule has 12 heteroatoms. The third kappa shape index (κ3) is 4.65. The molecular formula is C22H22N4O8. The molecule has 4 amide bonds. The smallest absolute Gasteiger partial charge is 0.269 e. The van der Waals surface area contributed by atoms with Crippen molar-refractivity contribution in [1.82, 2.24) is 10.4 Å². The van der Waals surface area contributed by atoms with E-state index in [0.717, 1.165) is 22.0 Å². The molecule has 178 valence electrons. The highest BCUT2D eigenvalue weighted by atomic mass is 16.6. The van der Waals surface area contributed by atoms with Crippen LogP contribution in [0.4, 0.5) is 11.4 Å². The van der Waals surface area contributed by atoms with Crippen molar-refractivity contribution in [2.45, 2.75) is 25.8 Å². The first-order valence-corrected chi connectivity index (χ1v) is 10.2. The molecule has 1 saturated heterocycles. The van der Waals surface area contributed by atoms with Crippen LogP contribution >= 0.6 is 0 Å². The maximum Gasteiger partial charge on any atom is 0.269 e. The van der Waals surface area contributed by atoms with E-state index in [4.69, 9.17) is 9.47 Å². The lowest BCUT2D eigenvalue weighted by molar-refractivity contribution is -0.384. The van der Waals surface area contributed by atoms with Gasteiger partial charge in [0.2, 0.25) is 11.8 Å². The number of nitrogens with zero attached hydrogens (tertiary/aromatic N) is 3. The fraction of sp³-hybridized carbons (Fsp3) is 0.273. The van der Waals surface area contributed by atoms with E-state index in [-0.39, 0.29) is 35.5 Å². The normalized spacial score (nSPS) is 15.1. The maximum absolute atomic E-state index is 13.3. The topological polar surface area (TPSA) is 148 Å². The molecule has 0 aliphatic carbocycles. The van der Waals surface area contributed by atoms with E-state index in [1.165, 1.54) is 45.4 Å². The van der Waals surface area contributed by atoms with Gasteiger partial charge < -0.3 is 9.47 Å². The number of nitro groups is 1. The van der Waals surface area contributed by atoms with Crippen molar-refractivity contribution in [3.8, 4) is 11.5 Å². The molecule has 1 heterocycles. The largest absolute Gasteiger partial charge is 0.497 e. The van der Waals surface area contributed by atoms with E-state index in [9.17, 15) is 29.3 Å². The Morgan fingerprint density at radius 2 is 1.82 bits per heavy atom. The zero-order valence-electron chi connectivity index (χ0n) is 18.6. The zero-order valence-corrected chi connectivity index (χ0v) is 18.6. The molecule has 3 rings (SSSR count). The van der Waals surface area contributed by atoms with Crippen molar-refractivity contribution in [3.63, 3.8) is 0 Å². The van der Waals surface area contributed by atoms with Gasteiger partial charge in [-0.25, -0.2) is 9.91 Å². The van der Waals surface area contributed by atoms with Crippen molar-refractivity contribution >= 4 is 35.0 Å². The van der Waals surface area contributed by atoms with Gasteiger partial charge in [0.15, 0.2) is 0 Å². The minimum absolute atomic E-state index is 0.0302. The molecular weight excluding hydrogens is 448 g/mol. The first-order chi connectivity index (χ1) is 16.2. The molecule has 12 nitrogen and oxygen atoms in total. The van der Waals surface area contributed by atoms with Gasteiger partial charge in [0.1, 0.15) is 17.5 Å². The summed E-state index contributed by atoms with van der Waals surface area (Å²) in [5.41, 5.74) is 2.33. The van der Waals surface area contributed by atoms with Crippen LogP contribution < -0.4 is 19.8 Å². The summed E-state index contributed by atoms with van der Waals surface area (Å²) in [4.78, 5) is 62.5. The maximum atomic E-state index is 13.3. The number of carbonyl (C=O) groups is 4. The number of imide groups is 1. The number of hydrazine groups is 1. The lowest BCUT2D eigenvalue weighted by Gasteiger charge is -2.27. The van der Waals surface area contributed by atoms with Gasteiger partial charge in [0.25, 0.3) is 17.5 Å². The van der Waals surface area contributed by atoms with Crippen LogP contribution in [0.1, 0.15) is 30.1 Å². The fourth-order valence-corrected chi connectivity index (χ4v) is 3.44. The summed E-state index contributed by atoms with van der Waals surface area (Å²) in [6, 6.07) is 8.02. The standard InChI is InChI=1S/C22H22N4O8/c1-4-19(27)25(23-21(29)13-5-7-14(8-6-13)26(31)32)17-12-20(28)24(22(17)30)16-11-15(33-2)9-10-18(16)34-3/h5-11,17H,4,12H2,1-3H3,(H,23,29). The predicted molar refractivity (Wildman–Crippen MR) is 118 cm³/mol. The van der Waals surface area contributed by atoms with Crippen molar-refractivity contribution < 1.29 is 33.6 Å². The summed E-state index contributed by atoms with van der Waals surface area (Å²) in [6.07, 6.45) is -0.424. The van der Waals surface area contributed by atoms with Gasteiger partial charge in [-0.2, -0.15) is 0 Å². The van der Waals surface area contributed by atoms with Crippen molar-refractivity contribution in [3.05, 3.63) is 58.1 Å². The number of methoxy groups -OCH3 is 2. The molecule has 1 aliphatic rings. The first kappa shape index (κ1) is 24.2. The second kappa shape index (κ2) is 9.98. The van der Waals surface area contributed by atoms with E-state index in [0.29, 0.717) is 5.75 Å². The molecule has 1 unspecified atom stereocenters. The van der Waals surface area contributed by atoms with E-state index in [2.05, 4.69) is 5.43 Å². The van der Waals surface area contributed by atoms with Gasteiger partial charge in [-0.05, 0) is 24.3 Å². The highest BCUT2D eigenvalue weighted by Gasteiger charge is 2.46. The number of benzene rings is 2. The molecule has 1 N–H and O–H groups in total. The Balaban J connectivity index is 1.90. The average Bonchev–Trinajstić information content (AvgIpc) is 3.14. The van der Waals surface area contributed by atoms with Crippen molar-refractivity contribution in [1.29, 1.82) is 0 Å². The van der Waals surface area contributed by atoms with Crippen LogP contribution in [0.2, 0.25) is 0 Å². The molecule has 1 atom stereocenters. The third-order valence-electron chi connectivity index (χ3n) is 5.19. The average molecular weight is 470 g/mol. The Morgan fingerprint density at radius 1 is 1.15 bits per heavy atom. The van der Waals surface area contributed by atoms with Crippen LogP contribution in [0.15, 0.2) is 42.5 Å². The molecule has 2 aromatic carbocycles. The molecule has 0 spiro atoms. The lowest BCUT2D eigenvalue weighted by Crippen LogP contribution is -2.54. The first-order valence-electron chi connectivity index (χ1n) is 10.2. The third-order valence-corrected chi connectivity index (χ3v) is 5.19. The van der Waals surface area contributed by atoms with Crippen molar-refractivity contribution in [2.24, 2.45) is 0 Å². The highest BCUT2D eigenvalue weighted by Crippen LogP contribution is 2.36. The predicted octanol–water partition coefficient (Wildman–Crippen LogP) is 1.83. The lowest BCUT2D eigenvalue weighted by atomic mass is 10.2. The highest BCUT2D eigenvalue weighted by molar-refractivity contribution is 6.23. The number of anilines is 1. The number of hydrogen-bond acceptors (Lipinski definition) is 8. The summed E-state index contributed by atoms with van der Waals surface area (Å²) >= 11 is 0.